The van der Waals surface area contributed by atoms with Crippen molar-refractivity contribution < 1.29 is 28.3 Å². The largest absolute Gasteiger partial charge is 0.497 e. The molecular weight excluding hydrogens is 572 g/mol. The fourth-order valence-electron chi connectivity index (χ4n) is 6.54. The van der Waals surface area contributed by atoms with Gasteiger partial charge < -0.3 is 19.3 Å². The van der Waals surface area contributed by atoms with Crippen LogP contribution in [0.3, 0.4) is 0 Å². The van der Waals surface area contributed by atoms with Crippen molar-refractivity contribution in [3.8, 4) is 11.4 Å². The van der Waals surface area contributed by atoms with Crippen molar-refractivity contribution in [3.63, 3.8) is 0 Å². The number of hydrogen-bond acceptors (Lipinski definition) is 6. The number of pyridine rings is 1. The van der Waals surface area contributed by atoms with Crippen LogP contribution in [0.5, 0.6) is 5.75 Å². The van der Waals surface area contributed by atoms with Crippen molar-refractivity contribution in [3.05, 3.63) is 115 Å². The van der Waals surface area contributed by atoms with Gasteiger partial charge in [0.1, 0.15) is 28.6 Å². The van der Waals surface area contributed by atoms with E-state index in [9.17, 15) is 29.2 Å². The Balaban J connectivity index is 1.59. The Hall–Kier alpha value is -5.06. The number of nitrogens with zero attached hydrogens (tertiary/aromatic N) is 3. The Morgan fingerprint density at radius 3 is 2.48 bits per heavy atom. The smallest absolute Gasteiger partial charge is 0.341 e. The van der Waals surface area contributed by atoms with E-state index in [2.05, 4.69) is 0 Å². The van der Waals surface area contributed by atoms with Gasteiger partial charge in [0.15, 0.2) is 0 Å². The molecule has 0 saturated heterocycles. The lowest BCUT2D eigenvalue weighted by atomic mass is 9.80. The number of fused-ring (bicyclic) bond motifs is 1. The predicted octanol–water partition coefficient (Wildman–Crippen LogP) is 6.58. The number of aromatic carboxylic acids is 1. The molecule has 1 aromatic heterocycles. The highest BCUT2D eigenvalue weighted by molar-refractivity contribution is 5.96. The first-order valence-corrected chi connectivity index (χ1v) is 14.3. The van der Waals surface area contributed by atoms with E-state index in [0.717, 1.165) is 66.6 Å². The number of halogens is 2. The summed E-state index contributed by atoms with van der Waals surface area (Å²) in [7, 11) is 1.59. The lowest BCUT2D eigenvalue weighted by molar-refractivity contribution is -0.384. The number of carboxylic acids is 1. The van der Waals surface area contributed by atoms with E-state index < -0.39 is 33.5 Å². The van der Waals surface area contributed by atoms with Gasteiger partial charge >= 0.3 is 5.97 Å². The number of anilines is 1. The third-order valence-electron chi connectivity index (χ3n) is 8.66. The SMILES string of the molecule is COc1ccc(CC2C3=C(CCCC3)CCN2c2cc3c(cc2[N+](=O)[O-])c(=O)c(C(=O)O)cn3-c2ccc(F)cc2F)cc1. The second-order valence-corrected chi connectivity index (χ2v) is 11.1. The maximum Gasteiger partial charge on any atom is 0.341 e. The van der Waals surface area contributed by atoms with Crippen LogP contribution in [0.15, 0.2) is 76.7 Å². The first-order chi connectivity index (χ1) is 21.2. The van der Waals surface area contributed by atoms with Gasteiger partial charge in [-0.25, -0.2) is 13.6 Å². The van der Waals surface area contributed by atoms with Gasteiger partial charge in [-0.2, -0.15) is 0 Å². The summed E-state index contributed by atoms with van der Waals surface area (Å²) in [4.78, 5) is 39.2. The Labute approximate surface area is 250 Å². The molecule has 44 heavy (non-hydrogen) atoms. The highest BCUT2D eigenvalue weighted by atomic mass is 19.1. The van der Waals surface area contributed by atoms with E-state index in [1.807, 2.05) is 29.2 Å². The number of methoxy groups -OCH3 is 1. The topological polar surface area (TPSA) is 115 Å². The van der Waals surface area contributed by atoms with Gasteiger partial charge in [-0.3, -0.25) is 14.9 Å². The van der Waals surface area contributed by atoms with Crippen LogP contribution in [-0.2, 0) is 6.42 Å². The number of nitro benzene ring substituents is 1. The number of aromatic nitrogens is 1. The molecule has 2 aliphatic rings. The summed E-state index contributed by atoms with van der Waals surface area (Å²) < 4.78 is 35.4. The molecule has 1 unspecified atom stereocenters. The molecule has 1 aliphatic heterocycles. The molecule has 0 saturated carbocycles. The number of carbonyl (C=O) groups is 1. The summed E-state index contributed by atoms with van der Waals surface area (Å²) in [6, 6.07) is 12.8. The number of carboxylic acid groups (broad SMARTS) is 1. The lowest BCUT2D eigenvalue weighted by Gasteiger charge is -2.42. The van der Waals surface area contributed by atoms with Crippen molar-refractivity contribution in [2.24, 2.45) is 0 Å². The van der Waals surface area contributed by atoms with Crippen LogP contribution in [0.1, 0.15) is 48.0 Å². The second-order valence-electron chi connectivity index (χ2n) is 11.1. The molecule has 3 aromatic carbocycles. The van der Waals surface area contributed by atoms with Crippen molar-refractivity contribution in [2.45, 2.75) is 44.6 Å². The Morgan fingerprint density at radius 1 is 1.05 bits per heavy atom. The van der Waals surface area contributed by atoms with Crippen LogP contribution in [0.25, 0.3) is 16.6 Å². The molecule has 0 fully saturated rings. The van der Waals surface area contributed by atoms with Crippen LogP contribution in [0.2, 0.25) is 0 Å². The number of benzene rings is 3. The Bertz CT molecular complexity index is 1900. The Kier molecular flexibility index (Phi) is 7.62. The van der Waals surface area contributed by atoms with Gasteiger partial charge in [-0.15, -0.1) is 0 Å². The summed E-state index contributed by atoms with van der Waals surface area (Å²) in [6.45, 7) is 0.481. The van der Waals surface area contributed by atoms with Crippen LogP contribution < -0.4 is 15.1 Å². The van der Waals surface area contributed by atoms with Crippen LogP contribution in [0, 0.1) is 21.7 Å². The van der Waals surface area contributed by atoms with Crippen LogP contribution in [0.4, 0.5) is 20.2 Å². The van der Waals surface area contributed by atoms with Gasteiger partial charge in [-0.1, -0.05) is 17.7 Å². The fourth-order valence-corrected chi connectivity index (χ4v) is 6.54. The highest BCUT2D eigenvalue weighted by Crippen LogP contribution is 2.42. The van der Waals surface area contributed by atoms with Crippen molar-refractivity contribution in [1.82, 2.24) is 4.57 Å². The monoisotopic (exact) mass is 601 g/mol. The molecule has 0 spiro atoms. The fraction of sp³-hybridized carbons (Fsp3) is 0.273. The second kappa shape index (κ2) is 11.6. The van der Waals surface area contributed by atoms with E-state index >= 15 is 4.39 Å². The quantitative estimate of drug-likeness (QED) is 0.145. The number of ether oxygens (including phenoxy) is 1. The zero-order chi connectivity index (χ0) is 31.1. The minimum absolute atomic E-state index is 0.0673. The average molecular weight is 602 g/mol. The highest BCUT2D eigenvalue weighted by Gasteiger charge is 2.35. The molecular formula is C33H29F2N3O6. The van der Waals surface area contributed by atoms with Crippen molar-refractivity contribution in [1.29, 1.82) is 0 Å². The average Bonchev–Trinajstić information content (AvgIpc) is 3.01. The normalized spacial score (nSPS) is 16.6. The number of rotatable bonds is 7. The van der Waals surface area contributed by atoms with Crippen molar-refractivity contribution in [2.75, 3.05) is 18.6 Å². The van der Waals surface area contributed by atoms with Gasteiger partial charge in [0, 0.05) is 24.9 Å². The van der Waals surface area contributed by atoms with Gasteiger partial charge in [0.2, 0.25) is 5.43 Å². The van der Waals surface area contributed by atoms with E-state index in [-0.39, 0.29) is 34.0 Å². The lowest BCUT2D eigenvalue weighted by Crippen LogP contribution is -2.44. The molecule has 4 aromatic rings. The van der Waals surface area contributed by atoms with Gasteiger partial charge in [0.25, 0.3) is 5.69 Å². The summed E-state index contributed by atoms with van der Waals surface area (Å²) >= 11 is 0. The van der Waals surface area contributed by atoms with Crippen molar-refractivity contribution >= 4 is 28.2 Å². The predicted molar refractivity (Wildman–Crippen MR) is 161 cm³/mol. The van der Waals surface area contributed by atoms with E-state index in [4.69, 9.17) is 4.74 Å². The summed E-state index contributed by atoms with van der Waals surface area (Å²) in [5.41, 5.74) is 1.73. The first-order valence-electron chi connectivity index (χ1n) is 14.3. The molecule has 11 heteroatoms. The third kappa shape index (κ3) is 5.18. The van der Waals surface area contributed by atoms with Crippen LogP contribution in [-0.4, -0.2) is 40.3 Å². The zero-order valence-electron chi connectivity index (χ0n) is 23.9. The number of nitro groups is 1. The van der Waals surface area contributed by atoms with Gasteiger partial charge in [0.05, 0.1) is 34.7 Å². The summed E-state index contributed by atoms with van der Waals surface area (Å²) in [5.74, 6) is -2.69. The standard InChI is InChI=1S/C33H29F2N3O6/c1-44-22-9-6-19(7-10-22)14-28-23-5-3-2-4-20(23)12-13-36(28)30-17-29-24(16-31(30)38(42)43)32(39)25(33(40)41)18-37(29)27-11-8-21(34)15-26(27)35/h6-11,15-18,28H,2-5,12-14H2,1H3,(H,40,41). The van der Waals surface area contributed by atoms with E-state index in [0.29, 0.717) is 24.8 Å². The molecule has 0 bridgehead atoms. The maximum atomic E-state index is 15.1. The molecule has 1 atom stereocenters. The summed E-state index contributed by atoms with van der Waals surface area (Å²) in [6.07, 6.45) is 6.20. The van der Waals surface area contributed by atoms with E-state index in [1.165, 1.54) is 17.2 Å². The zero-order valence-corrected chi connectivity index (χ0v) is 23.9. The molecule has 1 N–H and O–H groups in total. The molecule has 226 valence electrons. The molecule has 0 amide bonds. The van der Waals surface area contributed by atoms with Gasteiger partial charge in [-0.05, 0) is 80.0 Å². The van der Waals surface area contributed by atoms with Crippen LogP contribution >= 0.6 is 0 Å². The molecule has 0 radical (unpaired) electrons. The minimum atomic E-state index is -1.58. The maximum absolute atomic E-state index is 15.1. The molecule has 9 nitrogen and oxygen atoms in total. The summed E-state index contributed by atoms with van der Waals surface area (Å²) in [5, 5.41) is 22.0. The number of hydrogen-bond donors (Lipinski definition) is 1. The third-order valence-corrected chi connectivity index (χ3v) is 8.66. The molecule has 1 aliphatic carbocycles. The molecule has 2 heterocycles. The molecule has 6 rings (SSSR count). The Morgan fingerprint density at radius 2 is 1.80 bits per heavy atom. The minimum Gasteiger partial charge on any atom is -0.497 e. The first kappa shape index (κ1) is 29.0. The van der Waals surface area contributed by atoms with E-state index in [1.54, 1.807) is 7.11 Å².